The van der Waals surface area contributed by atoms with Gasteiger partial charge >= 0.3 is 0 Å². The van der Waals surface area contributed by atoms with Gasteiger partial charge in [0.2, 0.25) is 5.88 Å². The maximum Gasteiger partial charge on any atom is 0.215 e. The summed E-state index contributed by atoms with van der Waals surface area (Å²) in [5.41, 5.74) is 1.61. The minimum atomic E-state index is 0.603. The minimum absolute atomic E-state index is 0.603. The Hall–Kier alpha value is -2.40. The summed E-state index contributed by atoms with van der Waals surface area (Å²) in [4.78, 5) is 13.4. The zero-order valence-electron chi connectivity index (χ0n) is 11.5. The lowest BCUT2D eigenvalue weighted by Crippen LogP contribution is -1.93. The third kappa shape index (κ3) is 2.15. The molecule has 1 N–H and O–H groups in total. The third-order valence-corrected chi connectivity index (χ3v) is 4.39. The van der Waals surface area contributed by atoms with E-state index in [9.17, 15) is 0 Å². The van der Waals surface area contributed by atoms with E-state index < -0.39 is 0 Å². The van der Waals surface area contributed by atoms with Crippen LogP contribution in [0.15, 0.2) is 42.5 Å². The minimum Gasteiger partial charge on any atom is -0.478 e. The normalized spacial score (nSPS) is 11.3. The molecule has 104 valence electrons. The number of ether oxygens (including phenoxy) is 1. The standard InChI is InChI=1S/C16H13N3OS/c1-2-20-14-8-7-11-15(18-14)19-16(17-11)13-9-10-5-3-4-6-12(10)21-13/h3-9H,2H2,1H3,(H,17,18,19). The van der Waals surface area contributed by atoms with E-state index in [0.717, 1.165) is 16.2 Å². The topological polar surface area (TPSA) is 50.8 Å². The molecule has 3 heterocycles. The van der Waals surface area contributed by atoms with Crippen molar-refractivity contribution in [3.63, 3.8) is 0 Å². The fourth-order valence-corrected chi connectivity index (χ4v) is 3.33. The number of fused-ring (bicyclic) bond motifs is 2. The van der Waals surface area contributed by atoms with Gasteiger partial charge in [0.1, 0.15) is 0 Å². The molecule has 0 fully saturated rings. The smallest absolute Gasteiger partial charge is 0.215 e. The average molecular weight is 295 g/mol. The van der Waals surface area contributed by atoms with Crippen molar-refractivity contribution in [3.8, 4) is 16.6 Å². The van der Waals surface area contributed by atoms with Crippen molar-refractivity contribution in [3.05, 3.63) is 42.5 Å². The van der Waals surface area contributed by atoms with E-state index in [0.29, 0.717) is 18.1 Å². The van der Waals surface area contributed by atoms with Crippen LogP contribution in [0.1, 0.15) is 6.92 Å². The van der Waals surface area contributed by atoms with E-state index in [1.807, 2.05) is 25.1 Å². The molecule has 0 amide bonds. The third-order valence-electron chi connectivity index (χ3n) is 3.27. The molecule has 0 saturated carbocycles. The molecule has 0 radical (unpaired) electrons. The van der Waals surface area contributed by atoms with Gasteiger partial charge in [-0.15, -0.1) is 11.3 Å². The molecule has 0 saturated heterocycles. The molecule has 4 nitrogen and oxygen atoms in total. The van der Waals surface area contributed by atoms with Gasteiger partial charge in [-0.25, -0.2) is 4.98 Å². The fourth-order valence-electron chi connectivity index (χ4n) is 2.32. The number of H-pyrrole nitrogens is 1. The molecule has 0 aliphatic rings. The quantitative estimate of drug-likeness (QED) is 0.615. The van der Waals surface area contributed by atoms with E-state index in [4.69, 9.17) is 4.74 Å². The molecule has 0 atom stereocenters. The van der Waals surface area contributed by atoms with Crippen LogP contribution >= 0.6 is 11.3 Å². The number of thiophene rings is 1. The van der Waals surface area contributed by atoms with E-state index in [1.165, 1.54) is 10.1 Å². The van der Waals surface area contributed by atoms with Crippen molar-refractivity contribution < 1.29 is 4.74 Å². The van der Waals surface area contributed by atoms with E-state index in [2.05, 4.69) is 39.2 Å². The number of rotatable bonds is 3. The molecular formula is C16H13N3OS. The SMILES string of the molecule is CCOc1ccc2[nH]c(-c3cc4ccccc4s3)nc2n1. The number of benzene rings is 1. The first-order valence-electron chi connectivity index (χ1n) is 6.82. The molecule has 21 heavy (non-hydrogen) atoms. The summed E-state index contributed by atoms with van der Waals surface area (Å²) >= 11 is 1.73. The van der Waals surface area contributed by atoms with Gasteiger partial charge in [0.25, 0.3) is 0 Å². The molecule has 5 heteroatoms. The molecule has 0 unspecified atom stereocenters. The van der Waals surface area contributed by atoms with Crippen LogP contribution in [0.3, 0.4) is 0 Å². The van der Waals surface area contributed by atoms with Crippen molar-refractivity contribution in [2.45, 2.75) is 6.92 Å². The Balaban J connectivity index is 1.82. The monoisotopic (exact) mass is 295 g/mol. The molecule has 0 bridgehead atoms. The van der Waals surface area contributed by atoms with Crippen molar-refractivity contribution in [1.82, 2.24) is 15.0 Å². The van der Waals surface area contributed by atoms with Crippen LogP contribution in [0.2, 0.25) is 0 Å². The van der Waals surface area contributed by atoms with Gasteiger partial charge < -0.3 is 9.72 Å². The molecule has 4 rings (SSSR count). The maximum absolute atomic E-state index is 5.41. The van der Waals surface area contributed by atoms with Crippen LogP contribution in [-0.2, 0) is 0 Å². The highest BCUT2D eigenvalue weighted by Gasteiger charge is 2.10. The zero-order chi connectivity index (χ0) is 14.2. The number of aromatic amines is 1. The Morgan fingerprint density at radius 3 is 2.90 bits per heavy atom. The second kappa shape index (κ2) is 4.86. The summed E-state index contributed by atoms with van der Waals surface area (Å²) in [7, 11) is 0. The van der Waals surface area contributed by atoms with Crippen LogP contribution in [0.25, 0.3) is 32.0 Å². The number of nitrogens with one attached hydrogen (secondary N) is 1. The Labute approximate surface area is 125 Å². The molecule has 0 spiro atoms. The van der Waals surface area contributed by atoms with Gasteiger partial charge in [0, 0.05) is 10.8 Å². The number of pyridine rings is 1. The number of nitrogens with zero attached hydrogens (tertiary/aromatic N) is 2. The number of aromatic nitrogens is 3. The van der Waals surface area contributed by atoms with Gasteiger partial charge in [0.05, 0.1) is 17.0 Å². The van der Waals surface area contributed by atoms with Crippen LogP contribution in [-0.4, -0.2) is 21.6 Å². The van der Waals surface area contributed by atoms with Crippen molar-refractivity contribution in [2.75, 3.05) is 6.61 Å². The molecule has 4 aromatic rings. The van der Waals surface area contributed by atoms with E-state index in [1.54, 1.807) is 11.3 Å². The van der Waals surface area contributed by atoms with Crippen LogP contribution < -0.4 is 4.74 Å². The summed E-state index contributed by atoms with van der Waals surface area (Å²) < 4.78 is 6.67. The number of hydrogen-bond acceptors (Lipinski definition) is 4. The highest BCUT2D eigenvalue weighted by molar-refractivity contribution is 7.22. The summed E-state index contributed by atoms with van der Waals surface area (Å²) in [6.07, 6.45) is 0. The number of hydrogen-bond donors (Lipinski definition) is 1. The second-order valence-electron chi connectivity index (χ2n) is 4.69. The van der Waals surface area contributed by atoms with E-state index in [-0.39, 0.29) is 0 Å². The predicted molar refractivity (Wildman–Crippen MR) is 85.9 cm³/mol. The number of imidazole rings is 1. The first-order valence-corrected chi connectivity index (χ1v) is 7.63. The lowest BCUT2D eigenvalue weighted by Gasteiger charge is -1.99. The van der Waals surface area contributed by atoms with Gasteiger partial charge in [0.15, 0.2) is 11.5 Å². The molecule has 0 aliphatic heterocycles. The average Bonchev–Trinajstić information content (AvgIpc) is 3.10. The Morgan fingerprint density at radius 2 is 2.05 bits per heavy atom. The summed E-state index contributed by atoms with van der Waals surface area (Å²) in [6.45, 7) is 2.55. The van der Waals surface area contributed by atoms with Crippen LogP contribution in [0, 0.1) is 0 Å². The first kappa shape index (κ1) is 12.3. The van der Waals surface area contributed by atoms with Gasteiger partial charge in [-0.2, -0.15) is 4.98 Å². The highest BCUT2D eigenvalue weighted by Crippen LogP contribution is 2.32. The van der Waals surface area contributed by atoms with Crippen LogP contribution in [0.4, 0.5) is 0 Å². The van der Waals surface area contributed by atoms with Gasteiger partial charge in [-0.1, -0.05) is 18.2 Å². The predicted octanol–water partition coefficient (Wildman–Crippen LogP) is 4.24. The van der Waals surface area contributed by atoms with Crippen molar-refractivity contribution in [2.24, 2.45) is 0 Å². The summed E-state index contributed by atoms with van der Waals surface area (Å²) in [6, 6.07) is 14.3. The molecule has 1 aromatic carbocycles. The molecule has 0 aliphatic carbocycles. The van der Waals surface area contributed by atoms with Gasteiger partial charge in [-0.05, 0) is 30.5 Å². The Kier molecular flexibility index (Phi) is 2.86. The zero-order valence-corrected chi connectivity index (χ0v) is 12.3. The van der Waals surface area contributed by atoms with E-state index >= 15 is 0 Å². The molecular weight excluding hydrogens is 282 g/mol. The highest BCUT2D eigenvalue weighted by atomic mass is 32.1. The largest absolute Gasteiger partial charge is 0.478 e. The Bertz CT molecular complexity index is 892. The Morgan fingerprint density at radius 1 is 1.14 bits per heavy atom. The van der Waals surface area contributed by atoms with Gasteiger partial charge in [-0.3, -0.25) is 0 Å². The first-order chi connectivity index (χ1) is 10.3. The summed E-state index contributed by atoms with van der Waals surface area (Å²) in [5.74, 6) is 1.46. The lowest BCUT2D eigenvalue weighted by molar-refractivity contribution is 0.328. The van der Waals surface area contributed by atoms with Crippen molar-refractivity contribution in [1.29, 1.82) is 0 Å². The van der Waals surface area contributed by atoms with Crippen molar-refractivity contribution >= 4 is 32.6 Å². The maximum atomic E-state index is 5.41. The second-order valence-corrected chi connectivity index (χ2v) is 5.77. The fraction of sp³-hybridized carbons (Fsp3) is 0.125. The molecule has 3 aromatic heterocycles. The lowest BCUT2D eigenvalue weighted by atomic mass is 10.2. The van der Waals surface area contributed by atoms with Crippen LogP contribution in [0.5, 0.6) is 5.88 Å². The summed E-state index contributed by atoms with van der Waals surface area (Å²) in [5, 5.41) is 1.24.